The van der Waals surface area contributed by atoms with Gasteiger partial charge in [-0.15, -0.1) is 0 Å². The van der Waals surface area contributed by atoms with Crippen molar-refractivity contribution in [2.75, 3.05) is 14.2 Å². The zero-order valence-corrected chi connectivity index (χ0v) is 19.5. The predicted molar refractivity (Wildman–Crippen MR) is 123 cm³/mol. The van der Waals surface area contributed by atoms with Crippen molar-refractivity contribution >= 4 is 6.09 Å². The standard InChI is InChI=1S/C25H39NO4/c1-7-8-9-13-20-16-23(27)21(15-14-19(4)12-10-11-18(2)3)24(28)22(20)17-26(5)25(29)30-6/h11,14,16,27-28H,7-10,12-13,15,17H2,1-6H3/b19-14+. The fourth-order valence-corrected chi connectivity index (χ4v) is 3.39. The monoisotopic (exact) mass is 417 g/mol. The molecule has 0 fully saturated rings. The maximum atomic E-state index is 11.9. The van der Waals surface area contributed by atoms with Gasteiger partial charge in [-0.25, -0.2) is 4.79 Å². The normalized spacial score (nSPS) is 11.3. The first-order valence-corrected chi connectivity index (χ1v) is 10.8. The lowest BCUT2D eigenvalue weighted by atomic mass is 9.94. The lowest BCUT2D eigenvalue weighted by Crippen LogP contribution is -2.26. The van der Waals surface area contributed by atoms with Gasteiger partial charge in [0.2, 0.25) is 0 Å². The van der Waals surface area contributed by atoms with Gasteiger partial charge < -0.3 is 19.8 Å². The van der Waals surface area contributed by atoms with Gasteiger partial charge in [-0.2, -0.15) is 0 Å². The Balaban J connectivity index is 3.16. The van der Waals surface area contributed by atoms with Crippen molar-refractivity contribution in [3.05, 3.63) is 46.1 Å². The van der Waals surface area contributed by atoms with E-state index in [4.69, 9.17) is 4.74 Å². The van der Waals surface area contributed by atoms with Crippen LogP contribution < -0.4 is 0 Å². The molecule has 0 saturated heterocycles. The number of carbonyl (C=O) groups excluding carboxylic acids is 1. The molecule has 30 heavy (non-hydrogen) atoms. The molecule has 0 unspecified atom stereocenters. The van der Waals surface area contributed by atoms with Gasteiger partial charge in [-0.05, 0) is 64.5 Å². The van der Waals surface area contributed by atoms with E-state index in [1.165, 1.54) is 23.2 Å². The average molecular weight is 418 g/mol. The molecule has 0 aliphatic rings. The number of hydrogen-bond acceptors (Lipinski definition) is 4. The Morgan fingerprint density at radius 2 is 1.83 bits per heavy atom. The summed E-state index contributed by atoms with van der Waals surface area (Å²) in [6.45, 7) is 8.61. The second kappa shape index (κ2) is 13.0. The van der Waals surface area contributed by atoms with Crippen molar-refractivity contribution in [3.8, 4) is 11.5 Å². The first kappa shape index (κ1) is 25.6. The molecule has 5 heteroatoms. The van der Waals surface area contributed by atoms with E-state index in [1.54, 1.807) is 13.1 Å². The number of amides is 1. The van der Waals surface area contributed by atoms with E-state index in [2.05, 4.69) is 39.8 Å². The number of methoxy groups -OCH3 is 1. The highest BCUT2D eigenvalue weighted by atomic mass is 16.5. The molecule has 168 valence electrons. The Kier molecular flexibility index (Phi) is 11.1. The van der Waals surface area contributed by atoms with Crippen LogP contribution in [-0.4, -0.2) is 35.4 Å². The second-order valence-electron chi connectivity index (χ2n) is 8.22. The number of hydrogen-bond donors (Lipinski definition) is 2. The smallest absolute Gasteiger partial charge is 0.409 e. The first-order valence-electron chi connectivity index (χ1n) is 10.8. The number of allylic oxidation sites excluding steroid dienone is 4. The van der Waals surface area contributed by atoms with E-state index in [9.17, 15) is 15.0 Å². The Bertz CT molecular complexity index is 761. The SMILES string of the molecule is CCCCCc1cc(O)c(C/C=C(\C)CCC=C(C)C)c(O)c1CN(C)C(=O)OC. The maximum absolute atomic E-state index is 11.9. The number of ether oxygens (including phenoxy) is 1. The van der Waals surface area contributed by atoms with Gasteiger partial charge in [0.1, 0.15) is 11.5 Å². The summed E-state index contributed by atoms with van der Waals surface area (Å²) in [5.74, 6) is 0.183. The molecule has 0 aliphatic carbocycles. The molecule has 0 bridgehead atoms. The van der Waals surface area contributed by atoms with Crippen LogP contribution in [0.4, 0.5) is 4.79 Å². The van der Waals surface area contributed by atoms with Crippen molar-refractivity contribution in [2.24, 2.45) is 0 Å². The van der Waals surface area contributed by atoms with Gasteiger partial charge in [-0.3, -0.25) is 0 Å². The second-order valence-corrected chi connectivity index (χ2v) is 8.22. The van der Waals surface area contributed by atoms with E-state index in [1.807, 2.05) is 0 Å². The van der Waals surface area contributed by atoms with E-state index in [0.29, 0.717) is 17.5 Å². The Hall–Kier alpha value is -2.43. The molecule has 1 rings (SSSR count). The fourth-order valence-electron chi connectivity index (χ4n) is 3.39. The minimum Gasteiger partial charge on any atom is -0.508 e. The Labute approximate surface area is 182 Å². The zero-order valence-electron chi connectivity index (χ0n) is 19.5. The third-order valence-electron chi connectivity index (χ3n) is 5.26. The van der Waals surface area contributed by atoms with Gasteiger partial charge in [0, 0.05) is 18.2 Å². The topological polar surface area (TPSA) is 70.0 Å². The largest absolute Gasteiger partial charge is 0.508 e. The summed E-state index contributed by atoms with van der Waals surface area (Å²) in [7, 11) is 2.98. The van der Waals surface area contributed by atoms with Crippen LogP contribution in [-0.2, 0) is 24.1 Å². The first-order chi connectivity index (χ1) is 14.2. The molecule has 0 heterocycles. The van der Waals surface area contributed by atoms with Crippen LogP contribution >= 0.6 is 0 Å². The molecule has 0 saturated carbocycles. The highest BCUT2D eigenvalue weighted by Crippen LogP contribution is 2.36. The fraction of sp³-hybridized carbons (Fsp3) is 0.560. The number of aryl methyl sites for hydroxylation is 1. The predicted octanol–water partition coefficient (Wildman–Crippen LogP) is 6.26. The minimum absolute atomic E-state index is 0.0746. The van der Waals surface area contributed by atoms with E-state index in [0.717, 1.165) is 44.1 Å². The number of carbonyl (C=O) groups is 1. The van der Waals surface area contributed by atoms with E-state index < -0.39 is 6.09 Å². The molecule has 2 N–H and O–H groups in total. The Morgan fingerprint density at radius 1 is 1.13 bits per heavy atom. The summed E-state index contributed by atoms with van der Waals surface area (Å²) in [6.07, 6.45) is 10.0. The average Bonchev–Trinajstić information content (AvgIpc) is 2.69. The van der Waals surface area contributed by atoms with Crippen LogP contribution in [0.2, 0.25) is 0 Å². The van der Waals surface area contributed by atoms with Crippen molar-refractivity contribution < 1.29 is 19.7 Å². The quantitative estimate of drug-likeness (QED) is 0.329. The van der Waals surface area contributed by atoms with E-state index >= 15 is 0 Å². The van der Waals surface area contributed by atoms with Crippen molar-refractivity contribution in [3.63, 3.8) is 0 Å². The summed E-state index contributed by atoms with van der Waals surface area (Å²) in [4.78, 5) is 13.3. The summed E-state index contributed by atoms with van der Waals surface area (Å²) in [5.41, 5.74) is 4.58. The molecular weight excluding hydrogens is 378 g/mol. The highest BCUT2D eigenvalue weighted by Gasteiger charge is 2.20. The third-order valence-corrected chi connectivity index (χ3v) is 5.26. The summed E-state index contributed by atoms with van der Waals surface area (Å²) >= 11 is 0. The summed E-state index contributed by atoms with van der Waals surface area (Å²) < 4.78 is 4.79. The number of phenols is 2. The van der Waals surface area contributed by atoms with Crippen molar-refractivity contribution in [2.45, 2.75) is 79.2 Å². The number of phenolic OH excluding ortho intramolecular Hbond substituents is 2. The van der Waals surface area contributed by atoms with Crippen molar-refractivity contribution in [1.82, 2.24) is 4.90 Å². The van der Waals surface area contributed by atoms with E-state index in [-0.39, 0.29) is 18.0 Å². The van der Waals surface area contributed by atoms with Crippen LogP contribution in [0.1, 0.15) is 76.5 Å². The molecule has 1 aromatic rings. The molecular formula is C25H39NO4. The molecule has 0 atom stereocenters. The number of benzene rings is 1. The Morgan fingerprint density at radius 3 is 2.43 bits per heavy atom. The van der Waals surface area contributed by atoms with Gasteiger partial charge >= 0.3 is 6.09 Å². The molecule has 0 radical (unpaired) electrons. The van der Waals surface area contributed by atoms with Crippen LogP contribution in [0.25, 0.3) is 0 Å². The number of nitrogens with zero attached hydrogens (tertiary/aromatic N) is 1. The number of unbranched alkanes of at least 4 members (excludes halogenated alkanes) is 2. The number of aromatic hydroxyl groups is 2. The van der Waals surface area contributed by atoms with Gasteiger partial charge in [0.25, 0.3) is 0 Å². The van der Waals surface area contributed by atoms with Gasteiger partial charge in [-0.1, -0.05) is 43.1 Å². The molecule has 1 aromatic carbocycles. The summed E-state index contributed by atoms with van der Waals surface area (Å²) in [6, 6.07) is 1.75. The van der Waals surface area contributed by atoms with Crippen LogP contribution in [0.5, 0.6) is 11.5 Å². The van der Waals surface area contributed by atoms with Gasteiger partial charge in [0.15, 0.2) is 0 Å². The molecule has 1 amide bonds. The molecule has 0 aromatic heterocycles. The molecule has 5 nitrogen and oxygen atoms in total. The zero-order chi connectivity index (χ0) is 22.7. The molecule has 0 aliphatic heterocycles. The lowest BCUT2D eigenvalue weighted by molar-refractivity contribution is 0.131. The summed E-state index contributed by atoms with van der Waals surface area (Å²) in [5, 5.41) is 21.6. The highest BCUT2D eigenvalue weighted by molar-refractivity contribution is 5.67. The lowest BCUT2D eigenvalue weighted by Gasteiger charge is -2.21. The van der Waals surface area contributed by atoms with Crippen LogP contribution in [0.15, 0.2) is 29.4 Å². The van der Waals surface area contributed by atoms with Crippen molar-refractivity contribution in [1.29, 1.82) is 0 Å². The maximum Gasteiger partial charge on any atom is 0.409 e. The third kappa shape index (κ3) is 8.13. The minimum atomic E-state index is -0.460. The molecule has 0 spiro atoms. The number of rotatable bonds is 11. The van der Waals surface area contributed by atoms with Crippen LogP contribution in [0.3, 0.4) is 0 Å². The van der Waals surface area contributed by atoms with Crippen LogP contribution in [0, 0.1) is 0 Å². The van der Waals surface area contributed by atoms with Gasteiger partial charge in [0.05, 0.1) is 13.7 Å².